The number of carbonyl (C=O) groups is 3. The summed E-state index contributed by atoms with van der Waals surface area (Å²) in [6.07, 6.45) is 1.23. The molecule has 2 aliphatic heterocycles. The van der Waals surface area contributed by atoms with Gasteiger partial charge in [-0.2, -0.15) is 0 Å². The van der Waals surface area contributed by atoms with Gasteiger partial charge in [-0.15, -0.1) is 0 Å². The van der Waals surface area contributed by atoms with Crippen LogP contribution >= 0.6 is 0 Å². The SMILES string of the molecule is COC(=O)CC1=CC(=O)N(CC(=O)Nc2ccc3c(c2)OCCO3)c2cc(C)c(C)cc2N1. The van der Waals surface area contributed by atoms with E-state index in [0.29, 0.717) is 47.5 Å². The molecule has 0 unspecified atom stereocenters. The summed E-state index contributed by atoms with van der Waals surface area (Å²) in [7, 11) is 1.29. The van der Waals surface area contributed by atoms with Crippen LogP contribution in [0.25, 0.3) is 0 Å². The average molecular weight is 451 g/mol. The largest absolute Gasteiger partial charge is 0.486 e. The van der Waals surface area contributed by atoms with Gasteiger partial charge in [-0.3, -0.25) is 19.3 Å². The molecule has 2 heterocycles. The molecule has 0 fully saturated rings. The number of fused-ring (bicyclic) bond motifs is 2. The Morgan fingerprint density at radius 1 is 1.09 bits per heavy atom. The van der Waals surface area contributed by atoms with E-state index in [2.05, 4.69) is 10.6 Å². The standard InChI is InChI=1S/C24H25N3O6/c1-14-8-18-19(9-15(14)2)27(23(29)11-17(25-18)12-24(30)31-3)13-22(28)26-16-4-5-20-21(10-16)33-7-6-32-20/h4-5,8-11,25H,6-7,12-13H2,1-3H3,(H,26,28). The zero-order valence-electron chi connectivity index (χ0n) is 18.7. The molecule has 0 bridgehead atoms. The molecule has 4 rings (SSSR count). The maximum atomic E-state index is 13.1. The molecule has 0 radical (unpaired) electrons. The molecule has 0 aromatic heterocycles. The number of aryl methyl sites for hydroxylation is 2. The van der Waals surface area contributed by atoms with Crippen molar-refractivity contribution in [3.05, 3.63) is 53.2 Å². The monoisotopic (exact) mass is 451 g/mol. The molecular weight excluding hydrogens is 426 g/mol. The van der Waals surface area contributed by atoms with E-state index in [-0.39, 0.29) is 18.9 Å². The van der Waals surface area contributed by atoms with E-state index in [1.807, 2.05) is 26.0 Å². The summed E-state index contributed by atoms with van der Waals surface area (Å²) < 4.78 is 15.8. The van der Waals surface area contributed by atoms with Gasteiger partial charge in [0.25, 0.3) is 5.91 Å². The van der Waals surface area contributed by atoms with Crippen LogP contribution in [0.4, 0.5) is 17.1 Å². The number of hydrogen-bond acceptors (Lipinski definition) is 7. The number of rotatable bonds is 5. The quantitative estimate of drug-likeness (QED) is 0.674. The van der Waals surface area contributed by atoms with Crippen LogP contribution in [0.1, 0.15) is 17.5 Å². The second-order valence-electron chi connectivity index (χ2n) is 7.83. The van der Waals surface area contributed by atoms with Crippen LogP contribution in [0, 0.1) is 13.8 Å². The fraction of sp³-hybridized carbons (Fsp3) is 0.292. The van der Waals surface area contributed by atoms with Gasteiger partial charge < -0.3 is 24.8 Å². The highest BCUT2D eigenvalue weighted by atomic mass is 16.6. The molecule has 0 saturated carbocycles. The van der Waals surface area contributed by atoms with Crippen LogP contribution in [-0.4, -0.2) is 44.7 Å². The molecule has 2 N–H and O–H groups in total. The second-order valence-corrected chi connectivity index (χ2v) is 7.83. The molecule has 2 amide bonds. The highest BCUT2D eigenvalue weighted by molar-refractivity contribution is 6.10. The Morgan fingerprint density at radius 3 is 2.58 bits per heavy atom. The molecule has 2 aromatic rings. The first-order valence-electron chi connectivity index (χ1n) is 10.5. The summed E-state index contributed by atoms with van der Waals surface area (Å²) in [4.78, 5) is 39.1. The van der Waals surface area contributed by atoms with Crippen molar-refractivity contribution in [1.82, 2.24) is 0 Å². The molecule has 9 nitrogen and oxygen atoms in total. The second kappa shape index (κ2) is 9.23. The van der Waals surface area contributed by atoms with Crippen molar-refractivity contribution in [1.29, 1.82) is 0 Å². The maximum Gasteiger partial charge on any atom is 0.311 e. The molecule has 2 aliphatic rings. The molecule has 2 aromatic carbocycles. The Bertz CT molecular complexity index is 1160. The minimum atomic E-state index is -0.475. The highest BCUT2D eigenvalue weighted by Crippen LogP contribution is 2.34. The minimum absolute atomic E-state index is 0.0914. The van der Waals surface area contributed by atoms with Gasteiger partial charge in [0.2, 0.25) is 5.91 Å². The van der Waals surface area contributed by atoms with E-state index in [1.54, 1.807) is 18.2 Å². The fourth-order valence-electron chi connectivity index (χ4n) is 3.63. The van der Waals surface area contributed by atoms with Gasteiger partial charge in [-0.05, 0) is 49.2 Å². The Balaban J connectivity index is 1.59. The van der Waals surface area contributed by atoms with Crippen molar-refractivity contribution in [2.24, 2.45) is 0 Å². The highest BCUT2D eigenvalue weighted by Gasteiger charge is 2.26. The Labute approximate surface area is 191 Å². The van der Waals surface area contributed by atoms with E-state index >= 15 is 0 Å². The van der Waals surface area contributed by atoms with Gasteiger partial charge in [0.1, 0.15) is 19.8 Å². The van der Waals surface area contributed by atoms with Crippen LogP contribution < -0.4 is 25.0 Å². The van der Waals surface area contributed by atoms with Crippen molar-refractivity contribution >= 4 is 34.8 Å². The lowest BCUT2D eigenvalue weighted by atomic mass is 10.1. The van der Waals surface area contributed by atoms with Gasteiger partial charge in [0.15, 0.2) is 11.5 Å². The maximum absolute atomic E-state index is 13.1. The third-order valence-electron chi connectivity index (χ3n) is 5.45. The lowest BCUT2D eigenvalue weighted by Crippen LogP contribution is -2.37. The Kier molecular flexibility index (Phi) is 6.21. The number of benzene rings is 2. The fourth-order valence-corrected chi connectivity index (χ4v) is 3.63. The van der Waals surface area contributed by atoms with E-state index in [9.17, 15) is 14.4 Å². The van der Waals surface area contributed by atoms with Crippen LogP contribution in [0.15, 0.2) is 42.1 Å². The predicted octanol–water partition coefficient (Wildman–Crippen LogP) is 2.92. The number of methoxy groups -OCH3 is 1. The first-order valence-corrected chi connectivity index (χ1v) is 10.5. The lowest BCUT2D eigenvalue weighted by Gasteiger charge is -2.23. The first-order chi connectivity index (χ1) is 15.8. The van der Waals surface area contributed by atoms with Crippen molar-refractivity contribution in [3.63, 3.8) is 0 Å². The van der Waals surface area contributed by atoms with Crippen LogP contribution in [0.5, 0.6) is 11.5 Å². The molecule has 172 valence electrons. The number of carbonyl (C=O) groups excluding carboxylic acids is 3. The molecule has 0 spiro atoms. The van der Waals surface area contributed by atoms with E-state index in [0.717, 1.165) is 11.1 Å². The van der Waals surface area contributed by atoms with Gasteiger partial charge in [0, 0.05) is 23.5 Å². The zero-order valence-corrected chi connectivity index (χ0v) is 18.7. The third-order valence-corrected chi connectivity index (χ3v) is 5.45. The molecule has 33 heavy (non-hydrogen) atoms. The first kappa shape index (κ1) is 22.2. The van der Waals surface area contributed by atoms with Gasteiger partial charge >= 0.3 is 5.97 Å². The van der Waals surface area contributed by atoms with Gasteiger partial charge in [-0.1, -0.05) is 0 Å². The molecule has 0 atom stereocenters. The number of nitrogens with zero attached hydrogens (tertiary/aromatic N) is 1. The molecular formula is C24H25N3O6. The Morgan fingerprint density at radius 2 is 1.82 bits per heavy atom. The molecule has 9 heteroatoms. The number of nitrogens with one attached hydrogen (secondary N) is 2. The smallest absolute Gasteiger partial charge is 0.311 e. The number of hydrogen-bond donors (Lipinski definition) is 2. The van der Waals surface area contributed by atoms with E-state index in [1.165, 1.54) is 18.1 Å². The number of esters is 1. The average Bonchev–Trinajstić information content (AvgIpc) is 2.90. The van der Waals surface area contributed by atoms with Crippen molar-refractivity contribution < 1.29 is 28.6 Å². The third kappa shape index (κ3) is 4.92. The van der Waals surface area contributed by atoms with E-state index < -0.39 is 11.9 Å². The minimum Gasteiger partial charge on any atom is -0.486 e. The zero-order chi connectivity index (χ0) is 23.5. The van der Waals surface area contributed by atoms with Crippen molar-refractivity contribution in [3.8, 4) is 11.5 Å². The summed E-state index contributed by atoms with van der Waals surface area (Å²) >= 11 is 0. The topological polar surface area (TPSA) is 106 Å². The van der Waals surface area contributed by atoms with Crippen molar-refractivity contribution in [2.45, 2.75) is 20.3 Å². The van der Waals surface area contributed by atoms with Crippen LogP contribution in [-0.2, 0) is 19.1 Å². The summed E-state index contributed by atoms with van der Waals surface area (Å²) in [6.45, 7) is 4.59. The molecule has 0 saturated heterocycles. The summed E-state index contributed by atoms with van der Waals surface area (Å²) in [5, 5.41) is 5.95. The van der Waals surface area contributed by atoms with E-state index in [4.69, 9.17) is 14.2 Å². The Hall–Kier alpha value is -4.01. The predicted molar refractivity (Wildman–Crippen MR) is 123 cm³/mol. The lowest BCUT2D eigenvalue weighted by molar-refractivity contribution is -0.139. The van der Waals surface area contributed by atoms with Crippen LogP contribution in [0.2, 0.25) is 0 Å². The number of amides is 2. The van der Waals surface area contributed by atoms with Gasteiger partial charge in [-0.25, -0.2) is 0 Å². The number of ether oxygens (including phenoxy) is 3. The normalized spacial score (nSPS) is 14.5. The van der Waals surface area contributed by atoms with Crippen LogP contribution in [0.3, 0.4) is 0 Å². The summed E-state index contributed by atoms with van der Waals surface area (Å²) in [5.74, 6) is -0.0940. The molecule has 0 aliphatic carbocycles. The van der Waals surface area contributed by atoms with Crippen molar-refractivity contribution in [2.75, 3.05) is 42.4 Å². The van der Waals surface area contributed by atoms with Gasteiger partial charge in [0.05, 0.1) is 24.9 Å². The summed E-state index contributed by atoms with van der Waals surface area (Å²) in [5.41, 5.74) is 4.09. The summed E-state index contributed by atoms with van der Waals surface area (Å²) in [6, 6.07) is 8.87. The number of anilines is 3.